The molecule has 1 heterocycles. The summed E-state index contributed by atoms with van der Waals surface area (Å²) in [4.78, 5) is 25.0. The van der Waals surface area contributed by atoms with Crippen molar-refractivity contribution in [3.63, 3.8) is 0 Å². The number of hydrogen-bond donors (Lipinski definition) is 0. The largest absolute Gasteiger partial charge is 0.444 e. The SMILES string of the molecule is CC(C)(C)OC(=O)N1C[C@@H](C=O)[C@H](c2ccccc2)C1. The van der Waals surface area contributed by atoms with Crippen LogP contribution in [-0.4, -0.2) is 36.0 Å². The van der Waals surface area contributed by atoms with E-state index < -0.39 is 5.60 Å². The fourth-order valence-electron chi connectivity index (χ4n) is 2.50. The third-order valence-electron chi connectivity index (χ3n) is 3.42. The van der Waals surface area contributed by atoms with Gasteiger partial charge in [-0.3, -0.25) is 0 Å². The highest BCUT2D eigenvalue weighted by Crippen LogP contribution is 2.32. The fraction of sp³-hybridized carbons (Fsp3) is 0.500. The maximum Gasteiger partial charge on any atom is 0.410 e. The Hall–Kier alpha value is -1.84. The van der Waals surface area contributed by atoms with Crippen molar-refractivity contribution < 1.29 is 14.3 Å². The van der Waals surface area contributed by atoms with Crippen LogP contribution in [0.25, 0.3) is 0 Å². The molecule has 1 fully saturated rings. The minimum atomic E-state index is -0.515. The quantitative estimate of drug-likeness (QED) is 0.780. The van der Waals surface area contributed by atoms with Gasteiger partial charge in [0.05, 0.1) is 0 Å². The average Bonchev–Trinajstić information content (AvgIpc) is 2.82. The third-order valence-corrected chi connectivity index (χ3v) is 3.42. The first-order valence-electron chi connectivity index (χ1n) is 6.89. The highest BCUT2D eigenvalue weighted by atomic mass is 16.6. The Labute approximate surface area is 119 Å². The summed E-state index contributed by atoms with van der Waals surface area (Å²) in [5, 5.41) is 0. The second-order valence-electron chi connectivity index (χ2n) is 6.20. The summed E-state index contributed by atoms with van der Waals surface area (Å²) in [6.45, 7) is 6.48. The lowest BCUT2D eigenvalue weighted by molar-refractivity contribution is -0.111. The molecule has 1 aromatic rings. The van der Waals surface area contributed by atoms with E-state index in [2.05, 4.69) is 0 Å². The van der Waals surface area contributed by atoms with Crippen LogP contribution < -0.4 is 0 Å². The predicted octanol–water partition coefficient (Wildman–Crippen LogP) is 2.84. The van der Waals surface area contributed by atoms with Gasteiger partial charge in [0.1, 0.15) is 11.9 Å². The van der Waals surface area contributed by atoms with Gasteiger partial charge in [0.15, 0.2) is 0 Å². The molecule has 1 aromatic carbocycles. The smallest absolute Gasteiger partial charge is 0.410 e. The Morgan fingerprint density at radius 2 is 1.90 bits per heavy atom. The number of rotatable bonds is 2. The monoisotopic (exact) mass is 275 g/mol. The molecule has 0 aromatic heterocycles. The summed E-state index contributed by atoms with van der Waals surface area (Å²) in [6.07, 6.45) is 0.602. The Balaban J connectivity index is 2.10. The van der Waals surface area contributed by atoms with Gasteiger partial charge in [-0.25, -0.2) is 4.79 Å². The molecule has 0 unspecified atom stereocenters. The molecule has 4 heteroatoms. The molecule has 0 bridgehead atoms. The normalized spacial score (nSPS) is 22.6. The number of ether oxygens (including phenoxy) is 1. The molecule has 2 atom stereocenters. The molecule has 0 spiro atoms. The molecule has 0 radical (unpaired) electrons. The minimum absolute atomic E-state index is 0.0567. The molecule has 1 aliphatic heterocycles. The molecule has 0 saturated carbocycles. The Morgan fingerprint density at radius 3 is 2.45 bits per heavy atom. The van der Waals surface area contributed by atoms with Gasteiger partial charge in [0.25, 0.3) is 0 Å². The fourth-order valence-corrected chi connectivity index (χ4v) is 2.50. The second kappa shape index (κ2) is 5.65. The first kappa shape index (κ1) is 14.6. The first-order valence-corrected chi connectivity index (χ1v) is 6.89. The van der Waals surface area contributed by atoms with Gasteiger partial charge in [0.2, 0.25) is 0 Å². The van der Waals surface area contributed by atoms with Crippen LogP contribution in [-0.2, 0) is 9.53 Å². The van der Waals surface area contributed by atoms with Crippen molar-refractivity contribution in [1.29, 1.82) is 0 Å². The van der Waals surface area contributed by atoms with Gasteiger partial charge in [-0.1, -0.05) is 30.3 Å². The average molecular weight is 275 g/mol. The summed E-state index contributed by atoms with van der Waals surface area (Å²) >= 11 is 0. The van der Waals surface area contributed by atoms with Crippen LogP contribution >= 0.6 is 0 Å². The maximum atomic E-state index is 12.1. The molecular weight excluding hydrogens is 254 g/mol. The first-order chi connectivity index (χ1) is 9.40. The molecule has 20 heavy (non-hydrogen) atoms. The molecule has 1 amide bonds. The number of amides is 1. The van der Waals surface area contributed by atoms with E-state index in [0.717, 1.165) is 11.8 Å². The Morgan fingerprint density at radius 1 is 1.25 bits per heavy atom. The van der Waals surface area contributed by atoms with E-state index >= 15 is 0 Å². The zero-order chi connectivity index (χ0) is 14.8. The minimum Gasteiger partial charge on any atom is -0.444 e. The zero-order valence-corrected chi connectivity index (χ0v) is 12.2. The lowest BCUT2D eigenvalue weighted by atomic mass is 9.90. The van der Waals surface area contributed by atoms with Crippen molar-refractivity contribution >= 4 is 12.4 Å². The molecule has 108 valence electrons. The van der Waals surface area contributed by atoms with Crippen LogP contribution in [0.15, 0.2) is 30.3 Å². The molecular formula is C16H21NO3. The van der Waals surface area contributed by atoms with Crippen molar-refractivity contribution in [1.82, 2.24) is 4.90 Å². The van der Waals surface area contributed by atoms with Crippen molar-refractivity contribution in [3.8, 4) is 0 Å². The second-order valence-corrected chi connectivity index (χ2v) is 6.20. The number of benzene rings is 1. The topological polar surface area (TPSA) is 46.6 Å². The van der Waals surface area contributed by atoms with Gasteiger partial charge in [-0.2, -0.15) is 0 Å². The summed E-state index contributed by atoms with van der Waals surface area (Å²) < 4.78 is 5.37. The van der Waals surface area contributed by atoms with E-state index in [1.807, 2.05) is 51.1 Å². The number of carbonyl (C=O) groups is 2. The molecule has 1 aliphatic rings. The van der Waals surface area contributed by atoms with Crippen molar-refractivity contribution in [2.45, 2.75) is 32.3 Å². The zero-order valence-electron chi connectivity index (χ0n) is 12.2. The number of nitrogens with zero attached hydrogens (tertiary/aromatic N) is 1. The highest BCUT2D eigenvalue weighted by Gasteiger charge is 2.37. The van der Waals surface area contributed by atoms with E-state index in [0.29, 0.717) is 13.1 Å². The van der Waals surface area contributed by atoms with E-state index in [-0.39, 0.29) is 17.9 Å². The molecule has 2 rings (SSSR count). The van der Waals surface area contributed by atoms with Crippen LogP contribution in [0.4, 0.5) is 4.79 Å². The van der Waals surface area contributed by atoms with Crippen molar-refractivity contribution in [3.05, 3.63) is 35.9 Å². The van der Waals surface area contributed by atoms with Crippen molar-refractivity contribution in [2.24, 2.45) is 5.92 Å². The molecule has 0 N–H and O–H groups in total. The standard InChI is InChI=1S/C16H21NO3/c1-16(2,3)20-15(19)17-9-13(11-18)14(10-17)12-7-5-4-6-8-12/h4-8,11,13-14H,9-10H2,1-3H3/t13-,14-/m0/s1. The summed E-state index contributed by atoms with van der Waals surface area (Å²) in [6, 6.07) is 9.85. The predicted molar refractivity (Wildman–Crippen MR) is 76.5 cm³/mol. The lowest BCUT2D eigenvalue weighted by Gasteiger charge is -2.24. The van der Waals surface area contributed by atoms with Gasteiger partial charge in [0, 0.05) is 24.9 Å². The number of likely N-dealkylation sites (tertiary alicyclic amines) is 1. The van der Waals surface area contributed by atoms with E-state index in [4.69, 9.17) is 4.74 Å². The van der Waals surface area contributed by atoms with E-state index in [9.17, 15) is 9.59 Å². The lowest BCUT2D eigenvalue weighted by Crippen LogP contribution is -2.35. The van der Waals surface area contributed by atoms with Gasteiger partial charge in [-0.15, -0.1) is 0 Å². The van der Waals surface area contributed by atoms with Gasteiger partial charge in [-0.05, 0) is 26.3 Å². The Bertz CT molecular complexity index is 478. The van der Waals surface area contributed by atoms with Crippen molar-refractivity contribution in [2.75, 3.05) is 13.1 Å². The van der Waals surface area contributed by atoms with Gasteiger partial charge >= 0.3 is 6.09 Å². The highest BCUT2D eigenvalue weighted by molar-refractivity contribution is 5.70. The number of carbonyl (C=O) groups excluding carboxylic acids is 2. The molecule has 4 nitrogen and oxygen atoms in total. The molecule has 1 saturated heterocycles. The van der Waals surface area contributed by atoms with Crippen LogP contribution in [0, 0.1) is 5.92 Å². The van der Waals surface area contributed by atoms with E-state index in [1.165, 1.54) is 0 Å². The maximum absolute atomic E-state index is 12.1. The summed E-state index contributed by atoms with van der Waals surface area (Å²) in [5.74, 6) is -0.105. The van der Waals surface area contributed by atoms with Crippen LogP contribution in [0.5, 0.6) is 0 Å². The Kier molecular flexibility index (Phi) is 4.12. The number of hydrogen-bond acceptors (Lipinski definition) is 3. The summed E-state index contributed by atoms with van der Waals surface area (Å²) in [7, 11) is 0. The van der Waals surface area contributed by atoms with Crippen LogP contribution in [0.1, 0.15) is 32.3 Å². The van der Waals surface area contributed by atoms with Crippen LogP contribution in [0.3, 0.4) is 0 Å². The molecule has 0 aliphatic carbocycles. The number of aldehydes is 1. The van der Waals surface area contributed by atoms with Crippen LogP contribution in [0.2, 0.25) is 0 Å². The van der Waals surface area contributed by atoms with E-state index in [1.54, 1.807) is 4.90 Å². The summed E-state index contributed by atoms with van der Waals surface area (Å²) in [5.41, 5.74) is 0.578. The van der Waals surface area contributed by atoms with Gasteiger partial charge < -0.3 is 14.4 Å². The third kappa shape index (κ3) is 3.38.